The maximum absolute atomic E-state index is 13.6. The number of amides is 1. The zero-order chi connectivity index (χ0) is 46.2. The summed E-state index contributed by atoms with van der Waals surface area (Å²) in [4.78, 5) is 30.3. The Bertz CT molecular complexity index is 2330. The molecule has 2 bridgehead atoms. The number of rotatable bonds is 22. The number of ether oxygens (including phenoxy) is 10. The fourth-order valence-corrected chi connectivity index (χ4v) is 8.10. The number of carbonyl (C=O) groups excluding carboxylic acids is 2. The van der Waals surface area contributed by atoms with Crippen LogP contribution in [0.25, 0.3) is 10.4 Å². The molecule has 0 saturated carbocycles. The van der Waals surface area contributed by atoms with Crippen LogP contribution in [0.1, 0.15) is 34.7 Å². The summed E-state index contributed by atoms with van der Waals surface area (Å²) in [5.74, 6) is -0.647. The Hall–Kier alpha value is -6.17. The van der Waals surface area contributed by atoms with Crippen LogP contribution in [0.5, 0.6) is 0 Å². The van der Waals surface area contributed by atoms with Gasteiger partial charge in [-0.15, -0.1) is 0 Å². The molecule has 8 rings (SSSR count). The van der Waals surface area contributed by atoms with Crippen molar-refractivity contribution in [3.05, 3.63) is 190 Å². The Labute approximate surface area is 388 Å². The van der Waals surface area contributed by atoms with Crippen molar-refractivity contribution in [2.24, 2.45) is 5.11 Å². The van der Waals surface area contributed by atoms with Gasteiger partial charge >= 0.3 is 12.1 Å². The third-order valence-corrected chi connectivity index (χ3v) is 11.5. The van der Waals surface area contributed by atoms with Gasteiger partial charge in [0, 0.05) is 4.91 Å². The fraction of sp³-hybridized carbons (Fsp3) is 0.373. The largest absolute Gasteiger partial charge is 0.454 e. The minimum absolute atomic E-state index is 0.0172. The topological polar surface area (TPSA) is 187 Å². The molecule has 0 aromatic heterocycles. The maximum Gasteiger partial charge on any atom is 0.407 e. The lowest BCUT2D eigenvalue weighted by molar-refractivity contribution is -0.319. The Morgan fingerprint density at radius 2 is 1.16 bits per heavy atom. The van der Waals surface area contributed by atoms with Crippen LogP contribution in [0.3, 0.4) is 0 Å². The van der Waals surface area contributed by atoms with Gasteiger partial charge in [-0.3, -0.25) is 0 Å². The summed E-state index contributed by atoms with van der Waals surface area (Å²) < 4.78 is 63.0. The van der Waals surface area contributed by atoms with Crippen LogP contribution in [0.15, 0.2) is 157 Å². The number of hydrogen-bond acceptors (Lipinski definition) is 13. The Kier molecular flexibility index (Phi) is 17.0. The summed E-state index contributed by atoms with van der Waals surface area (Å²) in [6.07, 6.45) is -10.0. The molecule has 3 fully saturated rings. The minimum Gasteiger partial charge on any atom is -0.454 e. The zero-order valence-electron chi connectivity index (χ0n) is 37.0. The summed E-state index contributed by atoms with van der Waals surface area (Å²) in [6, 6.07) is 45.4. The predicted octanol–water partition coefficient (Wildman–Crippen LogP) is 7.73. The molecule has 0 unspecified atom stereocenters. The lowest BCUT2D eigenvalue weighted by Crippen LogP contribution is -2.66. The number of esters is 1. The molecule has 16 nitrogen and oxygen atoms in total. The van der Waals surface area contributed by atoms with Crippen LogP contribution < -0.4 is 5.32 Å². The molecule has 0 spiro atoms. The van der Waals surface area contributed by atoms with Crippen molar-refractivity contribution in [2.45, 2.75) is 107 Å². The SMILES string of the molecule is C[C@H]1O[C@H](OC[C@@H](COCc2ccccc2)OCc2ccccc2)[C@H](N=[N+]=[N-])[C@@H](O[C@H]2O[C@@H]3C(=O)O[C@@H]([C@H]3OCc3ccccc3)[C@H]2OCc2ccccc2)[C@H]1NC(=O)OCc1ccccc1. The number of hydrogen-bond donors (Lipinski definition) is 1. The molecular formula is C51H54N4O12. The van der Waals surface area contributed by atoms with Crippen molar-refractivity contribution < 1.29 is 57.0 Å². The van der Waals surface area contributed by atoms with E-state index in [0.717, 1.165) is 27.8 Å². The van der Waals surface area contributed by atoms with E-state index < -0.39 is 79.5 Å². The lowest BCUT2D eigenvalue weighted by atomic mass is 9.94. The van der Waals surface area contributed by atoms with Gasteiger partial charge in [0.15, 0.2) is 24.8 Å². The van der Waals surface area contributed by atoms with E-state index >= 15 is 0 Å². The molecule has 67 heavy (non-hydrogen) atoms. The second-order valence-electron chi connectivity index (χ2n) is 16.3. The van der Waals surface area contributed by atoms with Crippen molar-refractivity contribution in [3.8, 4) is 0 Å². The van der Waals surface area contributed by atoms with Gasteiger partial charge in [0.1, 0.15) is 31.0 Å². The first kappa shape index (κ1) is 47.3. The Morgan fingerprint density at radius 1 is 0.642 bits per heavy atom. The van der Waals surface area contributed by atoms with Gasteiger partial charge in [0.05, 0.1) is 57.9 Å². The molecule has 3 saturated heterocycles. The number of azide groups is 1. The van der Waals surface area contributed by atoms with Crippen LogP contribution in [0.2, 0.25) is 0 Å². The highest BCUT2D eigenvalue weighted by atomic mass is 16.8. The third-order valence-electron chi connectivity index (χ3n) is 11.5. The number of fused-ring (bicyclic) bond motifs is 2. The fourth-order valence-electron chi connectivity index (χ4n) is 8.10. The molecule has 5 aromatic rings. The first-order valence-corrected chi connectivity index (χ1v) is 22.3. The minimum atomic E-state index is -1.31. The van der Waals surface area contributed by atoms with E-state index in [9.17, 15) is 15.1 Å². The number of nitrogens with one attached hydrogen (secondary N) is 1. The van der Waals surface area contributed by atoms with Crippen LogP contribution >= 0.6 is 0 Å². The highest BCUT2D eigenvalue weighted by Crippen LogP contribution is 2.38. The maximum atomic E-state index is 13.6. The van der Waals surface area contributed by atoms with Gasteiger partial charge in [0.2, 0.25) is 0 Å². The van der Waals surface area contributed by atoms with E-state index in [4.69, 9.17) is 47.4 Å². The van der Waals surface area contributed by atoms with Crippen molar-refractivity contribution in [2.75, 3.05) is 13.2 Å². The van der Waals surface area contributed by atoms with E-state index in [0.29, 0.717) is 6.61 Å². The van der Waals surface area contributed by atoms with E-state index in [1.54, 1.807) is 6.92 Å². The average Bonchev–Trinajstić information content (AvgIpc) is 3.59. The van der Waals surface area contributed by atoms with E-state index in [-0.39, 0.29) is 39.6 Å². The molecule has 0 aliphatic carbocycles. The molecule has 3 aliphatic heterocycles. The van der Waals surface area contributed by atoms with Crippen LogP contribution in [0.4, 0.5) is 4.79 Å². The van der Waals surface area contributed by atoms with Gasteiger partial charge in [0.25, 0.3) is 0 Å². The monoisotopic (exact) mass is 914 g/mol. The molecule has 16 heteroatoms. The normalized spacial score (nSPS) is 25.9. The molecule has 5 aromatic carbocycles. The molecule has 3 heterocycles. The van der Waals surface area contributed by atoms with Crippen molar-refractivity contribution in [3.63, 3.8) is 0 Å². The van der Waals surface area contributed by atoms with Crippen molar-refractivity contribution in [1.29, 1.82) is 0 Å². The molecule has 1 amide bonds. The second-order valence-corrected chi connectivity index (χ2v) is 16.3. The molecule has 350 valence electrons. The molecule has 3 aliphatic rings. The molecule has 11 atom stereocenters. The number of benzene rings is 5. The average molecular weight is 915 g/mol. The lowest BCUT2D eigenvalue weighted by Gasteiger charge is -2.47. The smallest absolute Gasteiger partial charge is 0.407 e. The second kappa shape index (κ2) is 24.0. The van der Waals surface area contributed by atoms with Crippen LogP contribution in [-0.2, 0) is 85.2 Å². The first-order chi connectivity index (χ1) is 32.9. The predicted molar refractivity (Wildman–Crippen MR) is 241 cm³/mol. The summed E-state index contributed by atoms with van der Waals surface area (Å²) in [7, 11) is 0. The van der Waals surface area contributed by atoms with Gasteiger partial charge in [-0.1, -0.05) is 157 Å². The summed E-state index contributed by atoms with van der Waals surface area (Å²) in [5.41, 5.74) is 14.5. The Balaban J connectivity index is 1.05. The quantitative estimate of drug-likeness (QED) is 0.0309. The van der Waals surface area contributed by atoms with E-state index in [1.165, 1.54) is 0 Å². The highest BCUT2D eigenvalue weighted by Gasteiger charge is 2.60. The van der Waals surface area contributed by atoms with E-state index in [2.05, 4.69) is 15.3 Å². The zero-order valence-corrected chi connectivity index (χ0v) is 37.0. The van der Waals surface area contributed by atoms with Crippen LogP contribution in [0, 0.1) is 0 Å². The standard InChI is InChI=1S/C51H54N4O12/c1-34-41(53-51(57)63-31-39-25-15-6-16-26-39)43(42(54-55-52)49(64-34)62-33-40(59-28-36-19-9-3-10-20-36)32-58-27-35-17-7-2-8-18-35)66-50-47(61-30-38-23-13-5-14-24-38)45-44(46(67-50)48(56)65-45)60-29-37-21-11-4-12-22-37/h2-26,34,40-47,49-50H,27-33H2,1H3,(H,53,57)/t34-,40-,41+,42-,43+,44-,45+,46+,47-,49+,50+/m1/s1. The number of nitrogens with zero attached hydrogens (tertiary/aromatic N) is 3. The number of alkyl carbamates (subject to hydrolysis) is 1. The van der Waals surface area contributed by atoms with Gasteiger partial charge in [-0.05, 0) is 40.3 Å². The van der Waals surface area contributed by atoms with Gasteiger partial charge in [-0.2, -0.15) is 0 Å². The van der Waals surface area contributed by atoms with Gasteiger partial charge < -0.3 is 52.7 Å². The molecule has 0 radical (unpaired) electrons. The highest BCUT2D eigenvalue weighted by molar-refractivity contribution is 5.78. The molecular weight excluding hydrogens is 861 g/mol. The molecule has 1 N–H and O–H groups in total. The summed E-state index contributed by atoms with van der Waals surface area (Å²) >= 11 is 0. The summed E-state index contributed by atoms with van der Waals surface area (Å²) in [5, 5.41) is 7.05. The van der Waals surface area contributed by atoms with Gasteiger partial charge in [-0.25, -0.2) is 9.59 Å². The number of carbonyl (C=O) groups is 2. The Morgan fingerprint density at radius 3 is 1.73 bits per heavy atom. The van der Waals surface area contributed by atoms with Crippen molar-refractivity contribution >= 4 is 12.1 Å². The third kappa shape index (κ3) is 13.0. The first-order valence-electron chi connectivity index (χ1n) is 22.3. The summed E-state index contributed by atoms with van der Waals surface area (Å²) in [6.45, 7) is 2.71. The van der Waals surface area contributed by atoms with Crippen LogP contribution in [-0.4, -0.2) is 92.7 Å². The van der Waals surface area contributed by atoms with E-state index in [1.807, 2.05) is 152 Å². The van der Waals surface area contributed by atoms with Crippen molar-refractivity contribution in [1.82, 2.24) is 5.32 Å².